The molecule has 1 aliphatic rings. The summed E-state index contributed by atoms with van der Waals surface area (Å²) in [6, 6.07) is 12.9. The van der Waals surface area contributed by atoms with E-state index in [4.69, 9.17) is 14.6 Å². The van der Waals surface area contributed by atoms with Gasteiger partial charge in [0.1, 0.15) is 5.75 Å². The van der Waals surface area contributed by atoms with Gasteiger partial charge in [0.05, 0.1) is 0 Å². The van der Waals surface area contributed by atoms with Crippen LogP contribution in [-0.2, 0) is 4.79 Å². The molecule has 0 bridgehead atoms. The number of aromatic nitrogens is 1. The molecule has 1 saturated heterocycles. The van der Waals surface area contributed by atoms with E-state index in [2.05, 4.69) is 9.88 Å². The van der Waals surface area contributed by atoms with Crippen molar-refractivity contribution in [3.63, 3.8) is 0 Å². The van der Waals surface area contributed by atoms with E-state index in [0.717, 1.165) is 18.8 Å². The maximum absolute atomic E-state index is 12.2. The van der Waals surface area contributed by atoms with Crippen LogP contribution < -0.4 is 4.74 Å². The molecule has 0 aliphatic carbocycles. The number of nitrogens with zero attached hydrogens (tertiary/aromatic N) is 2. The maximum atomic E-state index is 12.2. The van der Waals surface area contributed by atoms with E-state index in [1.165, 1.54) is 19.3 Å². The minimum absolute atomic E-state index is 0.0330. The van der Waals surface area contributed by atoms with Gasteiger partial charge in [0.2, 0.25) is 5.88 Å². The summed E-state index contributed by atoms with van der Waals surface area (Å²) in [6.07, 6.45) is 3.68. The zero-order chi connectivity index (χ0) is 22.0. The van der Waals surface area contributed by atoms with Crippen molar-refractivity contribution in [1.82, 2.24) is 9.88 Å². The summed E-state index contributed by atoms with van der Waals surface area (Å²) in [5.41, 5.74) is 0.568. The monoisotopic (exact) mass is 422 g/mol. The summed E-state index contributed by atoms with van der Waals surface area (Å²) in [7, 11) is 0. The van der Waals surface area contributed by atoms with E-state index in [1.54, 1.807) is 24.4 Å². The number of hydrogen-bond donors (Lipinski definition) is 1. The average Bonchev–Trinajstić information content (AvgIpc) is 2.74. The molecule has 1 N–H and O–H groups in total. The van der Waals surface area contributed by atoms with Gasteiger partial charge in [0.15, 0.2) is 5.78 Å². The van der Waals surface area contributed by atoms with Crippen molar-refractivity contribution < 1.29 is 32.6 Å². The number of hydrogen-bond acceptors (Lipinski definition) is 5. The van der Waals surface area contributed by atoms with E-state index in [9.17, 15) is 18.0 Å². The molecule has 0 radical (unpaired) electrons. The number of piperidine rings is 1. The van der Waals surface area contributed by atoms with Gasteiger partial charge in [-0.2, -0.15) is 13.2 Å². The number of ketones is 1. The first-order chi connectivity index (χ1) is 14.3. The highest BCUT2D eigenvalue weighted by Crippen LogP contribution is 2.19. The third-order valence-electron chi connectivity index (χ3n) is 4.06. The van der Waals surface area contributed by atoms with Gasteiger partial charge in [-0.25, -0.2) is 9.78 Å². The van der Waals surface area contributed by atoms with Gasteiger partial charge in [-0.1, -0.05) is 18.2 Å². The Morgan fingerprint density at radius 3 is 2.20 bits per heavy atom. The van der Waals surface area contributed by atoms with Crippen molar-refractivity contribution in [2.24, 2.45) is 0 Å². The van der Waals surface area contributed by atoms with Crippen LogP contribution >= 0.6 is 0 Å². The van der Waals surface area contributed by atoms with Crippen LogP contribution in [0.5, 0.6) is 11.6 Å². The van der Waals surface area contributed by atoms with Crippen molar-refractivity contribution >= 4 is 11.8 Å². The lowest BCUT2D eigenvalue weighted by atomic mass is 10.1. The van der Waals surface area contributed by atoms with Crippen molar-refractivity contribution in [2.45, 2.75) is 25.4 Å². The second-order valence-corrected chi connectivity index (χ2v) is 6.38. The van der Waals surface area contributed by atoms with Crippen LogP contribution in [0.3, 0.4) is 0 Å². The number of aliphatic carboxylic acids is 1. The van der Waals surface area contributed by atoms with Gasteiger partial charge in [0.25, 0.3) is 0 Å². The number of pyridine rings is 1. The van der Waals surface area contributed by atoms with Gasteiger partial charge >= 0.3 is 12.1 Å². The van der Waals surface area contributed by atoms with Crippen LogP contribution in [0.1, 0.15) is 29.6 Å². The van der Waals surface area contributed by atoms with Crippen molar-refractivity contribution in [2.75, 3.05) is 13.1 Å². The second-order valence-electron chi connectivity index (χ2n) is 6.38. The van der Waals surface area contributed by atoms with Gasteiger partial charge in [0, 0.05) is 43.2 Å². The van der Waals surface area contributed by atoms with E-state index < -0.39 is 12.1 Å². The van der Waals surface area contributed by atoms with E-state index >= 15 is 0 Å². The largest absolute Gasteiger partial charge is 0.490 e. The van der Waals surface area contributed by atoms with Crippen LogP contribution in [0.15, 0.2) is 60.9 Å². The molecule has 0 saturated carbocycles. The summed E-state index contributed by atoms with van der Waals surface area (Å²) in [5, 5.41) is 7.12. The topological polar surface area (TPSA) is 79.7 Å². The Kier molecular flexibility index (Phi) is 8.40. The minimum atomic E-state index is -5.08. The molecule has 30 heavy (non-hydrogen) atoms. The number of likely N-dealkylation sites (tertiary alicyclic amines) is 1. The Morgan fingerprint density at radius 1 is 1.03 bits per heavy atom. The Morgan fingerprint density at radius 2 is 1.67 bits per heavy atom. The summed E-state index contributed by atoms with van der Waals surface area (Å²) in [4.78, 5) is 27.5. The molecule has 0 spiro atoms. The van der Waals surface area contributed by atoms with Crippen LogP contribution in [-0.4, -0.2) is 46.0 Å². The average molecular weight is 422 g/mol. The lowest BCUT2D eigenvalue weighted by Gasteiger charge is -2.24. The molecule has 160 valence electrons. The van der Waals surface area contributed by atoms with Crippen LogP contribution in [0.4, 0.5) is 13.2 Å². The summed E-state index contributed by atoms with van der Waals surface area (Å²) < 4.78 is 37.4. The number of carbonyl (C=O) groups is 2. The Hall–Kier alpha value is -3.36. The number of para-hydroxylation sites is 1. The van der Waals surface area contributed by atoms with Gasteiger partial charge < -0.3 is 14.7 Å². The first kappa shape index (κ1) is 22.9. The molecule has 9 heteroatoms. The number of carboxylic acids is 1. The van der Waals surface area contributed by atoms with Crippen LogP contribution in [0.25, 0.3) is 0 Å². The van der Waals surface area contributed by atoms with Crippen molar-refractivity contribution in [3.05, 3.63) is 66.5 Å². The molecule has 1 aromatic carbocycles. The molecule has 0 unspecified atom stereocenters. The molecule has 2 heterocycles. The molecule has 0 atom stereocenters. The molecular weight excluding hydrogens is 401 g/mol. The molecular formula is C21H21F3N2O4. The number of halogens is 3. The fourth-order valence-corrected chi connectivity index (χ4v) is 2.53. The van der Waals surface area contributed by atoms with Gasteiger partial charge in [-0.3, -0.25) is 4.79 Å². The van der Waals surface area contributed by atoms with Crippen LogP contribution in [0.2, 0.25) is 0 Å². The molecule has 0 amide bonds. The number of benzene rings is 1. The van der Waals surface area contributed by atoms with E-state index in [0.29, 0.717) is 11.4 Å². The minimum Gasteiger partial charge on any atom is -0.475 e. The molecule has 1 aliphatic heterocycles. The quantitative estimate of drug-likeness (QED) is 0.556. The van der Waals surface area contributed by atoms with Crippen molar-refractivity contribution in [3.8, 4) is 11.6 Å². The van der Waals surface area contributed by atoms with Crippen molar-refractivity contribution in [1.29, 1.82) is 0 Å². The fraction of sp³-hybridized carbons (Fsp3) is 0.286. The second kappa shape index (κ2) is 11.0. The van der Waals surface area contributed by atoms with E-state index in [1.807, 2.05) is 36.5 Å². The number of alkyl halides is 3. The highest BCUT2D eigenvalue weighted by Gasteiger charge is 2.38. The molecule has 3 rings (SSSR count). The van der Waals surface area contributed by atoms with Gasteiger partial charge in [-0.15, -0.1) is 0 Å². The number of ether oxygens (including phenoxy) is 1. The predicted octanol–water partition coefficient (Wildman–Crippen LogP) is 4.69. The SMILES string of the molecule is O=C(C=CN1CCCCC1)c1ccc(Oc2ccccc2)nc1.O=C(O)C(F)(F)F. The number of carboxylic acid groups (broad SMARTS) is 1. The number of allylic oxidation sites excluding steroid dienone is 1. The molecule has 1 aromatic heterocycles. The maximum Gasteiger partial charge on any atom is 0.490 e. The number of carbonyl (C=O) groups excluding carboxylic acids is 1. The first-order valence-corrected chi connectivity index (χ1v) is 9.21. The highest BCUT2D eigenvalue weighted by molar-refractivity contribution is 6.04. The molecule has 1 fully saturated rings. The Labute approximate surface area is 171 Å². The van der Waals surface area contributed by atoms with E-state index in [-0.39, 0.29) is 5.78 Å². The highest BCUT2D eigenvalue weighted by atomic mass is 19.4. The lowest BCUT2D eigenvalue weighted by Crippen LogP contribution is -2.24. The normalized spacial score (nSPS) is 14.0. The third-order valence-corrected chi connectivity index (χ3v) is 4.06. The fourth-order valence-electron chi connectivity index (χ4n) is 2.53. The zero-order valence-electron chi connectivity index (χ0n) is 16.0. The zero-order valence-corrected chi connectivity index (χ0v) is 16.0. The number of rotatable bonds is 5. The standard InChI is InChI=1S/C19H20N2O2.C2HF3O2/c22-18(11-14-21-12-5-2-6-13-21)16-9-10-19(20-15-16)23-17-7-3-1-4-8-17;3-2(4,5)1(6)7/h1,3-4,7-11,14-15H,2,5-6,12-13H2;(H,6,7). The molecule has 6 nitrogen and oxygen atoms in total. The van der Waals surface area contributed by atoms with Gasteiger partial charge in [-0.05, 0) is 37.5 Å². The Balaban J connectivity index is 0.000000396. The van der Waals surface area contributed by atoms with Crippen LogP contribution in [0, 0.1) is 0 Å². The first-order valence-electron chi connectivity index (χ1n) is 9.21. The summed E-state index contributed by atoms with van der Waals surface area (Å²) in [5.74, 6) is -1.58. The summed E-state index contributed by atoms with van der Waals surface area (Å²) in [6.45, 7) is 2.07. The lowest BCUT2D eigenvalue weighted by molar-refractivity contribution is -0.192. The predicted molar refractivity (Wildman–Crippen MR) is 103 cm³/mol. The molecule has 2 aromatic rings. The third kappa shape index (κ3) is 7.94. The smallest absolute Gasteiger partial charge is 0.475 e. The Bertz CT molecular complexity index is 847. The summed E-state index contributed by atoms with van der Waals surface area (Å²) >= 11 is 0.